The lowest BCUT2D eigenvalue weighted by Gasteiger charge is -2.33. The van der Waals surface area contributed by atoms with E-state index in [0.29, 0.717) is 5.92 Å². The van der Waals surface area contributed by atoms with Crippen LogP contribution in [0.25, 0.3) is 22.0 Å². The third kappa shape index (κ3) is 4.10. The Kier molecular flexibility index (Phi) is 5.50. The van der Waals surface area contributed by atoms with E-state index in [4.69, 9.17) is 4.74 Å². The van der Waals surface area contributed by atoms with Gasteiger partial charge in [-0.05, 0) is 61.3 Å². The van der Waals surface area contributed by atoms with Crippen molar-refractivity contribution in [3.05, 3.63) is 66.4 Å². The first-order chi connectivity index (χ1) is 14.8. The topological polar surface area (TPSA) is 42.4 Å². The normalized spacial score (nSPS) is 20.0. The number of likely N-dealkylation sites (tertiary alicyclic amines) is 1. The number of rotatable bonds is 4. The van der Waals surface area contributed by atoms with Gasteiger partial charge in [0, 0.05) is 36.8 Å². The molecule has 0 spiro atoms. The number of carbonyl (C=O) groups excluding carboxylic acids is 1. The van der Waals surface area contributed by atoms with Crippen molar-refractivity contribution in [2.75, 3.05) is 19.7 Å². The Morgan fingerprint density at radius 2 is 1.80 bits per heavy atom. The number of piperidine rings is 1. The van der Waals surface area contributed by atoms with Crippen molar-refractivity contribution in [2.24, 2.45) is 5.92 Å². The molecule has 1 amide bonds. The van der Waals surface area contributed by atoms with E-state index >= 15 is 0 Å². The molecule has 0 aliphatic carbocycles. The summed E-state index contributed by atoms with van der Waals surface area (Å²) in [6.07, 6.45) is 6.91. The Labute approximate surface area is 177 Å². The summed E-state index contributed by atoms with van der Waals surface area (Å²) in [6, 6.07) is 19.3. The predicted molar refractivity (Wildman–Crippen MR) is 119 cm³/mol. The van der Waals surface area contributed by atoms with Gasteiger partial charge in [0.25, 0.3) is 5.91 Å². The molecule has 0 radical (unpaired) electrons. The zero-order valence-electron chi connectivity index (χ0n) is 17.3. The number of carbonyl (C=O) groups is 1. The largest absolute Gasteiger partial charge is 0.368 e. The fourth-order valence-corrected chi connectivity index (χ4v) is 4.73. The van der Waals surface area contributed by atoms with E-state index in [1.54, 1.807) is 0 Å². The molecule has 2 saturated heterocycles. The number of ether oxygens (including phenoxy) is 1. The van der Waals surface area contributed by atoms with E-state index in [2.05, 4.69) is 47.4 Å². The molecule has 3 aromatic rings. The average molecular weight is 401 g/mol. The minimum atomic E-state index is -0.182. The second-order valence-electron chi connectivity index (χ2n) is 8.59. The van der Waals surface area contributed by atoms with Crippen LogP contribution in [0.3, 0.4) is 0 Å². The zero-order valence-corrected chi connectivity index (χ0v) is 17.3. The second kappa shape index (κ2) is 8.57. The third-order valence-electron chi connectivity index (χ3n) is 6.53. The number of hydrogen-bond donors (Lipinski definition) is 0. The molecule has 3 heterocycles. The highest BCUT2D eigenvalue weighted by molar-refractivity contribution is 5.83. The van der Waals surface area contributed by atoms with Gasteiger partial charge in [-0.15, -0.1) is 0 Å². The van der Waals surface area contributed by atoms with Crippen LogP contribution in [-0.4, -0.2) is 41.6 Å². The molecular formula is C26H28N2O2. The highest BCUT2D eigenvalue weighted by atomic mass is 16.5. The number of para-hydroxylation sites is 1. The minimum absolute atomic E-state index is 0.182. The number of hydrogen-bond acceptors (Lipinski definition) is 3. The van der Waals surface area contributed by atoms with Gasteiger partial charge in [-0.25, -0.2) is 0 Å². The van der Waals surface area contributed by atoms with Crippen molar-refractivity contribution in [3.8, 4) is 11.1 Å². The molecule has 2 fully saturated rings. The Morgan fingerprint density at radius 3 is 2.57 bits per heavy atom. The number of nitrogens with zero attached hydrogens (tertiary/aromatic N) is 2. The summed E-state index contributed by atoms with van der Waals surface area (Å²) in [7, 11) is 0. The zero-order chi connectivity index (χ0) is 20.3. The van der Waals surface area contributed by atoms with Crippen molar-refractivity contribution in [1.29, 1.82) is 0 Å². The first-order valence-corrected chi connectivity index (χ1v) is 11.1. The smallest absolute Gasteiger partial charge is 0.251 e. The van der Waals surface area contributed by atoms with Gasteiger partial charge in [0.15, 0.2) is 0 Å². The molecule has 154 valence electrons. The van der Waals surface area contributed by atoms with E-state index in [9.17, 15) is 4.79 Å². The SMILES string of the molecule is O=C([C@H]1CCCO1)N1CCC(Cc2ccc(-c3cnc4ccccc4c3)cc2)CC1. The second-order valence-corrected chi connectivity index (χ2v) is 8.59. The van der Waals surface area contributed by atoms with Crippen LogP contribution in [0.4, 0.5) is 0 Å². The Bertz CT molecular complexity index is 1020. The van der Waals surface area contributed by atoms with E-state index < -0.39 is 0 Å². The molecule has 0 unspecified atom stereocenters. The summed E-state index contributed by atoms with van der Waals surface area (Å²) in [5, 5.41) is 1.17. The summed E-state index contributed by atoms with van der Waals surface area (Å²) in [5.41, 5.74) is 4.76. The van der Waals surface area contributed by atoms with Crippen LogP contribution >= 0.6 is 0 Å². The summed E-state index contributed by atoms with van der Waals surface area (Å²) < 4.78 is 5.57. The molecule has 4 heteroatoms. The van der Waals surface area contributed by atoms with Crippen LogP contribution in [0.15, 0.2) is 60.8 Å². The summed E-state index contributed by atoms with van der Waals surface area (Å²) in [6.45, 7) is 2.46. The molecule has 0 bridgehead atoms. The molecular weight excluding hydrogens is 372 g/mol. The Balaban J connectivity index is 1.19. The first kappa shape index (κ1) is 19.3. The van der Waals surface area contributed by atoms with Crippen molar-refractivity contribution >= 4 is 16.8 Å². The highest BCUT2D eigenvalue weighted by Gasteiger charge is 2.30. The standard InChI is InChI=1S/C26H28N2O2/c29-26(25-6-3-15-30-25)28-13-11-20(12-14-28)16-19-7-9-21(10-8-19)23-17-22-4-1-2-5-24(22)27-18-23/h1-2,4-5,7-10,17-18,20,25H,3,6,11-16H2/t25-/m1/s1. The van der Waals surface area contributed by atoms with Gasteiger partial charge in [0.1, 0.15) is 6.10 Å². The van der Waals surface area contributed by atoms with Gasteiger partial charge < -0.3 is 9.64 Å². The van der Waals surface area contributed by atoms with Crippen molar-refractivity contribution < 1.29 is 9.53 Å². The molecule has 2 aliphatic rings. The molecule has 0 saturated carbocycles. The van der Waals surface area contributed by atoms with E-state index in [1.165, 1.54) is 16.5 Å². The minimum Gasteiger partial charge on any atom is -0.368 e. The highest BCUT2D eigenvalue weighted by Crippen LogP contribution is 2.27. The van der Waals surface area contributed by atoms with Crippen molar-refractivity contribution in [2.45, 2.75) is 38.2 Å². The molecule has 2 aromatic carbocycles. The molecule has 1 aromatic heterocycles. The van der Waals surface area contributed by atoms with Gasteiger partial charge in [0.2, 0.25) is 0 Å². The van der Waals surface area contributed by atoms with Crippen LogP contribution in [0.2, 0.25) is 0 Å². The van der Waals surface area contributed by atoms with Gasteiger partial charge >= 0.3 is 0 Å². The molecule has 1 atom stereocenters. The maximum atomic E-state index is 12.5. The third-order valence-corrected chi connectivity index (χ3v) is 6.53. The lowest BCUT2D eigenvalue weighted by atomic mass is 9.89. The quantitative estimate of drug-likeness (QED) is 0.628. The summed E-state index contributed by atoms with van der Waals surface area (Å²) in [4.78, 5) is 19.1. The lowest BCUT2D eigenvalue weighted by molar-refractivity contribution is -0.142. The maximum absolute atomic E-state index is 12.5. The summed E-state index contributed by atoms with van der Waals surface area (Å²) in [5.74, 6) is 0.853. The van der Waals surface area contributed by atoms with Crippen LogP contribution in [0, 0.1) is 5.92 Å². The van der Waals surface area contributed by atoms with E-state index in [-0.39, 0.29) is 12.0 Å². The number of amides is 1. The van der Waals surface area contributed by atoms with Gasteiger partial charge in [0.05, 0.1) is 5.52 Å². The van der Waals surface area contributed by atoms with Gasteiger partial charge in [-0.3, -0.25) is 9.78 Å². The molecule has 30 heavy (non-hydrogen) atoms. The van der Waals surface area contributed by atoms with Crippen LogP contribution < -0.4 is 0 Å². The molecule has 2 aliphatic heterocycles. The number of benzene rings is 2. The monoisotopic (exact) mass is 400 g/mol. The fourth-order valence-electron chi connectivity index (χ4n) is 4.73. The summed E-state index contributed by atoms with van der Waals surface area (Å²) >= 11 is 0. The van der Waals surface area contributed by atoms with Crippen molar-refractivity contribution in [3.63, 3.8) is 0 Å². The molecule has 4 nitrogen and oxygen atoms in total. The van der Waals surface area contributed by atoms with Gasteiger partial charge in [-0.2, -0.15) is 0 Å². The Morgan fingerprint density at radius 1 is 1.00 bits per heavy atom. The molecule has 0 N–H and O–H groups in total. The number of aromatic nitrogens is 1. The lowest BCUT2D eigenvalue weighted by Crippen LogP contribution is -2.44. The molecule has 5 rings (SSSR count). The average Bonchev–Trinajstić information content (AvgIpc) is 3.34. The number of pyridine rings is 1. The van der Waals surface area contributed by atoms with Crippen molar-refractivity contribution in [1.82, 2.24) is 9.88 Å². The van der Waals surface area contributed by atoms with E-state index in [0.717, 1.165) is 62.9 Å². The van der Waals surface area contributed by atoms with Crippen LogP contribution in [0.1, 0.15) is 31.2 Å². The van der Waals surface area contributed by atoms with E-state index in [1.807, 2.05) is 23.2 Å². The first-order valence-electron chi connectivity index (χ1n) is 11.1. The fraction of sp³-hybridized carbons (Fsp3) is 0.385. The number of fused-ring (bicyclic) bond motifs is 1. The van der Waals surface area contributed by atoms with Crippen LogP contribution in [-0.2, 0) is 16.0 Å². The predicted octanol–water partition coefficient (Wildman–Crippen LogP) is 4.86. The maximum Gasteiger partial charge on any atom is 0.251 e. The Hall–Kier alpha value is -2.72. The van der Waals surface area contributed by atoms with Crippen LogP contribution in [0.5, 0.6) is 0 Å². The van der Waals surface area contributed by atoms with Gasteiger partial charge in [-0.1, -0.05) is 42.5 Å².